The maximum atomic E-state index is 11.2. The number of rotatable bonds is 6. The number of para-hydroxylation sites is 1. The predicted octanol–water partition coefficient (Wildman–Crippen LogP) is 3.12. The van der Waals surface area contributed by atoms with Crippen LogP contribution in [0.15, 0.2) is 18.2 Å². The van der Waals surface area contributed by atoms with Gasteiger partial charge < -0.3 is 10.2 Å². The van der Waals surface area contributed by atoms with Crippen LogP contribution in [-0.2, 0) is 0 Å². The Bertz CT molecular complexity index is 421. The predicted molar refractivity (Wildman–Crippen MR) is 75.4 cm³/mol. The fourth-order valence-electron chi connectivity index (χ4n) is 1.93. The molecule has 0 fully saturated rings. The number of nitro benzene ring substituents is 1. The van der Waals surface area contributed by atoms with Crippen molar-refractivity contribution in [3.05, 3.63) is 28.3 Å². The molecule has 0 aliphatic rings. The molecule has 0 aliphatic heterocycles. The first-order valence-corrected chi connectivity index (χ1v) is 6.17. The van der Waals surface area contributed by atoms with Gasteiger partial charge in [0.15, 0.2) is 0 Å². The van der Waals surface area contributed by atoms with Gasteiger partial charge in [-0.1, -0.05) is 26.3 Å². The molecular formula is C13H21N3O2. The summed E-state index contributed by atoms with van der Waals surface area (Å²) in [6.45, 7) is 5.08. The van der Waals surface area contributed by atoms with Crippen LogP contribution in [0.1, 0.15) is 20.3 Å². The topological polar surface area (TPSA) is 58.4 Å². The van der Waals surface area contributed by atoms with E-state index in [4.69, 9.17) is 0 Å². The summed E-state index contributed by atoms with van der Waals surface area (Å²) in [6.07, 6.45) is 1.06. The molecular weight excluding hydrogens is 230 g/mol. The molecule has 100 valence electrons. The third kappa shape index (κ3) is 3.12. The fraction of sp³-hybridized carbons (Fsp3) is 0.538. The van der Waals surface area contributed by atoms with Crippen molar-refractivity contribution < 1.29 is 4.92 Å². The number of benzene rings is 1. The van der Waals surface area contributed by atoms with Crippen molar-refractivity contribution in [1.29, 1.82) is 0 Å². The number of nitrogens with one attached hydrogen (secondary N) is 1. The molecule has 1 aromatic carbocycles. The lowest BCUT2D eigenvalue weighted by molar-refractivity contribution is -0.383. The molecule has 0 bridgehead atoms. The Labute approximate surface area is 108 Å². The Morgan fingerprint density at radius 1 is 1.50 bits per heavy atom. The molecule has 1 rings (SSSR count). The normalized spacial score (nSPS) is 12.0. The summed E-state index contributed by atoms with van der Waals surface area (Å²) < 4.78 is 0. The van der Waals surface area contributed by atoms with Gasteiger partial charge in [-0.15, -0.1) is 0 Å². The van der Waals surface area contributed by atoms with Crippen LogP contribution in [0.3, 0.4) is 0 Å². The Kier molecular flexibility index (Phi) is 4.95. The standard InChI is InChI=1S/C13H21N3O2/c1-5-10(2)9-15(4)12-8-6-7-11(14-3)13(12)16(17)18/h6-8,10,14H,5,9H2,1-4H3. The first kappa shape index (κ1) is 14.3. The number of nitro groups is 1. The Balaban J connectivity index is 3.11. The molecule has 1 atom stereocenters. The Hall–Kier alpha value is -1.78. The van der Waals surface area contributed by atoms with Gasteiger partial charge >= 0.3 is 5.69 Å². The minimum Gasteiger partial charge on any atom is -0.382 e. The van der Waals surface area contributed by atoms with Crippen LogP contribution in [0.5, 0.6) is 0 Å². The SMILES string of the molecule is CCC(C)CN(C)c1cccc(NC)c1[N+](=O)[O-]. The zero-order valence-corrected chi connectivity index (χ0v) is 11.4. The van der Waals surface area contributed by atoms with Crippen LogP contribution in [0.25, 0.3) is 0 Å². The van der Waals surface area contributed by atoms with Crippen LogP contribution < -0.4 is 10.2 Å². The highest BCUT2D eigenvalue weighted by Crippen LogP contribution is 2.34. The van der Waals surface area contributed by atoms with Gasteiger partial charge in [0, 0.05) is 20.6 Å². The van der Waals surface area contributed by atoms with Gasteiger partial charge in [-0.3, -0.25) is 10.1 Å². The van der Waals surface area contributed by atoms with E-state index in [2.05, 4.69) is 19.2 Å². The van der Waals surface area contributed by atoms with E-state index in [1.165, 1.54) is 0 Å². The number of hydrogen-bond donors (Lipinski definition) is 1. The van der Waals surface area contributed by atoms with Crippen molar-refractivity contribution in [3.63, 3.8) is 0 Å². The number of hydrogen-bond acceptors (Lipinski definition) is 4. The van der Waals surface area contributed by atoms with Gasteiger partial charge in [-0.2, -0.15) is 0 Å². The highest BCUT2D eigenvalue weighted by atomic mass is 16.6. The average molecular weight is 251 g/mol. The summed E-state index contributed by atoms with van der Waals surface area (Å²) in [5.41, 5.74) is 1.35. The molecule has 0 aromatic heterocycles. The van der Waals surface area contributed by atoms with E-state index in [1.807, 2.05) is 18.0 Å². The second kappa shape index (κ2) is 6.23. The molecule has 0 aliphatic carbocycles. The molecule has 5 heteroatoms. The molecule has 1 unspecified atom stereocenters. The quantitative estimate of drug-likeness (QED) is 0.623. The van der Waals surface area contributed by atoms with Gasteiger partial charge in [0.2, 0.25) is 0 Å². The minimum atomic E-state index is -0.325. The second-order valence-electron chi connectivity index (χ2n) is 4.57. The molecule has 0 saturated heterocycles. The van der Waals surface area contributed by atoms with Crippen LogP contribution >= 0.6 is 0 Å². The van der Waals surface area contributed by atoms with E-state index in [0.717, 1.165) is 13.0 Å². The van der Waals surface area contributed by atoms with E-state index >= 15 is 0 Å². The van der Waals surface area contributed by atoms with E-state index in [0.29, 0.717) is 17.3 Å². The fourth-order valence-corrected chi connectivity index (χ4v) is 1.93. The van der Waals surface area contributed by atoms with Gasteiger partial charge in [0.25, 0.3) is 0 Å². The second-order valence-corrected chi connectivity index (χ2v) is 4.57. The summed E-state index contributed by atoms with van der Waals surface area (Å²) in [5, 5.41) is 14.1. The first-order chi connectivity index (χ1) is 8.51. The summed E-state index contributed by atoms with van der Waals surface area (Å²) in [6, 6.07) is 5.35. The van der Waals surface area contributed by atoms with Crippen molar-refractivity contribution in [2.75, 3.05) is 30.9 Å². The van der Waals surface area contributed by atoms with Gasteiger partial charge in [0.1, 0.15) is 11.4 Å². The molecule has 1 N–H and O–H groups in total. The highest BCUT2D eigenvalue weighted by Gasteiger charge is 2.21. The van der Waals surface area contributed by atoms with Crippen molar-refractivity contribution in [1.82, 2.24) is 0 Å². The molecule has 1 aromatic rings. The third-order valence-electron chi connectivity index (χ3n) is 3.16. The zero-order chi connectivity index (χ0) is 13.7. The maximum absolute atomic E-state index is 11.2. The van der Waals surface area contributed by atoms with E-state index < -0.39 is 0 Å². The van der Waals surface area contributed by atoms with Gasteiger partial charge in [-0.25, -0.2) is 0 Å². The highest BCUT2D eigenvalue weighted by molar-refractivity contribution is 5.76. The van der Waals surface area contributed by atoms with Crippen molar-refractivity contribution in [3.8, 4) is 0 Å². The summed E-state index contributed by atoms with van der Waals surface area (Å²) in [5.74, 6) is 0.507. The Morgan fingerprint density at radius 3 is 2.67 bits per heavy atom. The lowest BCUT2D eigenvalue weighted by Crippen LogP contribution is -2.24. The van der Waals surface area contributed by atoms with Crippen LogP contribution in [0.2, 0.25) is 0 Å². The van der Waals surface area contributed by atoms with Crippen LogP contribution in [0, 0.1) is 16.0 Å². The van der Waals surface area contributed by atoms with E-state index in [9.17, 15) is 10.1 Å². The lowest BCUT2D eigenvalue weighted by atomic mass is 10.1. The number of nitrogens with zero attached hydrogens (tertiary/aromatic N) is 2. The molecule has 0 spiro atoms. The molecule has 0 amide bonds. The third-order valence-corrected chi connectivity index (χ3v) is 3.16. The van der Waals surface area contributed by atoms with Crippen LogP contribution in [0.4, 0.5) is 17.1 Å². The van der Waals surface area contributed by atoms with E-state index in [1.54, 1.807) is 19.2 Å². The largest absolute Gasteiger partial charge is 0.382 e. The lowest BCUT2D eigenvalue weighted by Gasteiger charge is -2.23. The molecule has 5 nitrogen and oxygen atoms in total. The summed E-state index contributed by atoms with van der Waals surface area (Å²) in [7, 11) is 3.59. The summed E-state index contributed by atoms with van der Waals surface area (Å²) in [4.78, 5) is 12.8. The molecule has 18 heavy (non-hydrogen) atoms. The molecule has 0 saturated carbocycles. The first-order valence-electron chi connectivity index (χ1n) is 6.17. The maximum Gasteiger partial charge on any atom is 0.315 e. The van der Waals surface area contributed by atoms with Crippen molar-refractivity contribution in [2.45, 2.75) is 20.3 Å². The average Bonchev–Trinajstić information content (AvgIpc) is 2.37. The molecule has 0 heterocycles. The van der Waals surface area contributed by atoms with E-state index in [-0.39, 0.29) is 10.6 Å². The molecule has 0 radical (unpaired) electrons. The van der Waals surface area contributed by atoms with Crippen molar-refractivity contribution in [2.24, 2.45) is 5.92 Å². The zero-order valence-electron chi connectivity index (χ0n) is 11.4. The Morgan fingerprint density at radius 2 is 2.17 bits per heavy atom. The summed E-state index contributed by atoms with van der Waals surface area (Å²) >= 11 is 0. The van der Waals surface area contributed by atoms with Gasteiger partial charge in [0.05, 0.1) is 4.92 Å². The smallest absolute Gasteiger partial charge is 0.315 e. The van der Waals surface area contributed by atoms with Crippen LogP contribution in [-0.4, -0.2) is 25.6 Å². The number of anilines is 2. The van der Waals surface area contributed by atoms with Crippen molar-refractivity contribution >= 4 is 17.1 Å². The van der Waals surface area contributed by atoms with Gasteiger partial charge in [-0.05, 0) is 18.1 Å². The minimum absolute atomic E-state index is 0.144. The monoisotopic (exact) mass is 251 g/mol.